The second-order valence-corrected chi connectivity index (χ2v) is 19.5. The Hall–Kier alpha value is -2.75. The van der Waals surface area contributed by atoms with Crippen molar-refractivity contribution in [2.75, 3.05) is 31.8 Å². The Morgan fingerprint density at radius 3 is 2.17 bits per heavy atom. The number of anilines is 1. The summed E-state index contributed by atoms with van der Waals surface area (Å²) >= 11 is 0. The molecular weight excluding hydrogens is 546 g/mol. The minimum Gasteiger partial charge on any atom is -0.444 e. The van der Waals surface area contributed by atoms with Crippen molar-refractivity contribution in [2.24, 2.45) is 0 Å². The zero-order valence-corrected chi connectivity index (χ0v) is 27.5. The quantitative estimate of drug-likeness (QED) is 0.224. The normalized spacial score (nSPS) is 13.3. The summed E-state index contributed by atoms with van der Waals surface area (Å²) in [5, 5.41) is 6.29. The number of carbonyl (C=O) groups is 1. The molecular formula is C28H45N5O5SSi. The number of hydrogen-bond acceptors (Lipinski definition) is 9. The van der Waals surface area contributed by atoms with Gasteiger partial charge in [0, 0.05) is 31.7 Å². The monoisotopic (exact) mass is 591 g/mol. The van der Waals surface area contributed by atoms with Crippen LogP contribution in [-0.2, 0) is 19.3 Å². The number of methoxy groups -OCH3 is 1. The van der Waals surface area contributed by atoms with Gasteiger partial charge in [0.1, 0.15) is 19.5 Å². The molecule has 2 N–H and O–H groups in total. The van der Waals surface area contributed by atoms with Gasteiger partial charge in [-0.3, -0.25) is 0 Å². The molecule has 40 heavy (non-hydrogen) atoms. The fourth-order valence-corrected chi connectivity index (χ4v) is 10.8. The van der Waals surface area contributed by atoms with Crippen molar-refractivity contribution in [2.45, 2.75) is 95.7 Å². The number of aromatic nitrogens is 3. The fraction of sp³-hybridized carbons (Fsp3) is 0.643. The van der Waals surface area contributed by atoms with E-state index in [1.165, 1.54) is 6.20 Å². The van der Waals surface area contributed by atoms with Crippen molar-refractivity contribution in [1.82, 2.24) is 20.3 Å². The summed E-state index contributed by atoms with van der Waals surface area (Å²) in [5.74, 6) is 3.86. The first-order valence-electron chi connectivity index (χ1n) is 13.5. The number of nitrogens with zero attached hydrogens (tertiary/aromatic N) is 3. The first-order chi connectivity index (χ1) is 18.4. The predicted octanol–water partition coefficient (Wildman–Crippen LogP) is 4.95. The molecule has 2 aromatic rings. The maximum atomic E-state index is 12.2. The molecule has 1 amide bonds. The molecule has 0 spiro atoms. The third-order valence-electron chi connectivity index (χ3n) is 6.77. The molecule has 0 saturated carbocycles. The summed E-state index contributed by atoms with van der Waals surface area (Å²) in [4.78, 5) is 25.2. The van der Waals surface area contributed by atoms with Gasteiger partial charge in [0.05, 0.1) is 18.0 Å². The van der Waals surface area contributed by atoms with Crippen LogP contribution in [0.4, 0.5) is 10.6 Å². The predicted molar refractivity (Wildman–Crippen MR) is 162 cm³/mol. The van der Waals surface area contributed by atoms with Crippen molar-refractivity contribution < 1.29 is 22.7 Å². The van der Waals surface area contributed by atoms with Crippen LogP contribution in [0.25, 0.3) is 11.0 Å². The van der Waals surface area contributed by atoms with Crippen molar-refractivity contribution in [3.05, 3.63) is 17.8 Å². The average molecular weight is 592 g/mol. The van der Waals surface area contributed by atoms with Crippen molar-refractivity contribution in [3.63, 3.8) is 0 Å². The lowest BCUT2D eigenvalue weighted by Gasteiger charge is -2.38. The number of amides is 1. The summed E-state index contributed by atoms with van der Waals surface area (Å²) in [7, 11) is -4.15. The van der Waals surface area contributed by atoms with Crippen molar-refractivity contribution >= 4 is 40.9 Å². The molecule has 1 atom stereocenters. The maximum absolute atomic E-state index is 12.2. The van der Waals surface area contributed by atoms with Gasteiger partial charge in [0.15, 0.2) is 5.65 Å². The van der Waals surface area contributed by atoms with E-state index < -0.39 is 29.6 Å². The lowest BCUT2D eigenvalue weighted by atomic mass is 10.2. The number of nitrogens with one attached hydrogen (secondary N) is 2. The van der Waals surface area contributed by atoms with Crippen LogP contribution < -0.4 is 10.6 Å². The number of rotatable bonds is 10. The average Bonchev–Trinajstić information content (AvgIpc) is 2.80. The van der Waals surface area contributed by atoms with E-state index in [0.717, 1.165) is 6.26 Å². The van der Waals surface area contributed by atoms with Gasteiger partial charge in [-0.05, 0) is 43.5 Å². The maximum Gasteiger partial charge on any atom is 0.407 e. The summed E-state index contributed by atoms with van der Waals surface area (Å²) in [6.07, 6.45) is 1.98. The Bertz CT molecular complexity index is 1340. The standard InChI is InChI=1S/C28H45N5O5SSi/c1-18(2)40(19(3)4,20(5)6)13-12-21-14-24(32-25-23(21)16-29-26(33-25)39(11,35)36)31-22(17-37-10)15-30-27(34)38-28(7,8)9/h14,16,18-20,22H,15,17H2,1-11H3,(H,30,34)(H,29,31,32,33)/t22-/m0/s1. The molecule has 0 aliphatic carbocycles. The Morgan fingerprint density at radius 2 is 1.68 bits per heavy atom. The third-order valence-corrected chi connectivity index (χ3v) is 13.9. The molecule has 2 heterocycles. The smallest absolute Gasteiger partial charge is 0.407 e. The van der Waals surface area contributed by atoms with Crippen LogP contribution >= 0.6 is 0 Å². The van der Waals surface area contributed by atoms with Crippen LogP contribution in [0, 0.1) is 11.5 Å². The van der Waals surface area contributed by atoms with Gasteiger partial charge < -0.3 is 20.1 Å². The minimum atomic E-state index is -3.65. The second-order valence-electron chi connectivity index (χ2n) is 12.0. The molecule has 2 aromatic heterocycles. The van der Waals surface area contributed by atoms with Crippen LogP contribution in [0.5, 0.6) is 0 Å². The molecule has 0 fully saturated rings. The second kappa shape index (κ2) is 13.3. The number of ether oxygens (including phenoxy) is 2. The molecule has 0 aliphatic heterocycles. The molecule has 0 unspecified atom stereocenters. The Morgan fingerprint density at radius 1 is 1.07 bits per heavy atom. The van der Waals surface area contributed by atoms with Crippen LogP contribution in [0.1, 0.15) is 67.9 Å². The zero-order chi connectivity index (χ0) is 30.5. The van der Waals surface area contributed by atoms with Gasteiger partial charge in [-0.2, -0.15) is 4.98 Å². The molecule has 2 rings (SSSR count). The highest BCUT2D eigenvalue weighted by Crippen LogP contribution is 2.41. The van der Waals surface area contributed by atoms with Gasteiger partial charge in [0.2, 0.25) is 15.0 Å². The molecule has 12 heteroatoms. The molecule has 0 saturated heterocycles. The Kier molecular flexibility index (Phi) is 11.1. The topological polar surface area (TPSA) is 132 Å². The molecule has 0 bridgehead atoms. The van der Waals surface area contributed by atoms with E-state index in [4.69, 9.17) is 9.47 Å². The summed E-state index contributed by atoms with van der Waals surface area (Å²) in [6, 6.07) is 1.45. The highest BCUT2D eigenvalue weighted by Gasteiger charge is 2.41. The Labute approximate surface area is 240 Å². The lowest BCUT2D eigenvalue weighted by Crippen LogP contribution is -2.43. The SMILES string of the molecule is COC[C@H](CNC(=O)OC(C)(C)C)Nc1cc(C#C[Si](C(C)C)(C(C)C)C(C)C)c2cnc(S(C)(=O)=O)nc2n1. The number of hydrogen-bond donors (Lipinski definition) is 2. The molecule has 0 aliphatic rings. The van der Waals surface area contributed by atoms with E-state index in [-0.39, 0.29) is 30.0 Å². The zero-order valence-electron chi connectivity index (χ0n) is 25.7. The van der Waals surface area contributed by atoms with E-state index in [9.17, 15) is 13.2 Å². The fourth-order valence-electron chi connectivity index (χ4n) is 5.04. The van der Waals surface area contributed by atoms with Gasteiger partial charge in [-0.1, -0.05) is 47.5 Å². The number of pyridine rings is 1. The summed E-state index contributed by atoms with van der Waals surface area (Å²) in [5.41, 5.74) is 5.26. The number of fused-ring (bicyclic) bond motifs is 1. The Balaban J connectivity index is 2.62. The molecule has 0 radical (unpaired) electrons. The van der Waals surface area contributed by atoms with Crippen molar-refractivity contribution in [1.29, 1.82) is 0 Å². The number of carbonyl (C=O) groups excluding carboxylic acids is 1. The largest absolute Gasteiger partial charge is 0.444 e. The third kappa shape index (κ3) is 8.62. The lowest BCUT2D eigenvalue weighted by molar-refractivity contribution is 0.0520. The number of sulfone groups is 1. The number of alkyl carbamates (subject to hydrolysis) is 1. The van der Waals surface area contributed by atoms with Crippen LogP contribution in [0.2, 0.25) is 16.6 Å². The summed E-state index contributed by atoms with van der Waals surface area (Å²) in [6.45, 7) is 19.3. The van der Waals surface area contributed by atoms with E-state index in [2.05, 4.69) is 78.6 Å². The highest BCUT2D eigenvalue weighted by atomic mass is 32.2. The first kappa shape index (κ1) is 33.5. The van der Waals surface area contributed by atoms with E-state index in [1.54, 1.807) is 27.9 Å². The van der Waals surface area contributed by atoms with Gasteiger partial charge in [-0.25, -0.2) is 23.2 Å². The van der Waals surface area contributed by atoms with Crippen LogP contribution in [0.15, 0.2) is 17.4 Å². The van der Waals surface area contributed by atoms with Crippen LogP contribution in [-0.4, -0.2) is 75.7 Å². The van der Waals surface area contributed by atoms with E-state index in [1.807, 2.05) is 6.07 Å². The van der Waals surface area contributed by atoms with Crippen LogP contribution in [0.3, 0.4) is 0 Å². The minimum absolute atomic E-state index is 0.200. The van der Waals surface area contributed by atoms with Gasteiger partial charge in [0.25, 0.3) is 0 Å². The van der Waals surface area contributed by atoms with E-state index >= 15 is 0 Å². The van der Waals surface area contributed by atoms with Gasteiger partial charge >= 0.3 is 6.09 Å². The first-order valence-corrected chi connectivity index (χ1v) is 17.7. The summed E-state index contributed by atoms with van der Waals surface area (Å²) < 4.78 is 35.0. The highest BCUT2D eigenvalue weighted by molar-refractivity contribution is 7.90. The van der Waals surface area contributed by atoms with Gasteiger partial charge in [-0.15, -0.1) is 5.54 Å². The van der Waals surface area contributed by atoms with E-state index in [0.29, 0.717) is 33.4 Å². The molecule has 0 aromatic carbocycles. The van der Waals surface area contributed by atoms with Crippen molar-refractivity contribution in [3.8, 4) is 11.5 Å². The molecule has 222 valence electrons. The molecule has 10 nitrogen and oxygen atoms in total.